The second-order valence-electron chi connectivity index (χ2n) is 5.65. The van der Waals surface area contributed by atoms with Gasteiger partial charge in [-0.05, 0) is 55.9 Å². The molecule has 0 aliphatic rings. The van der Waals surface area contributed by atoms with Crippen molar-refractivity contribution in [2.45, 2.75) is 27.2 Å². The smallest absolute Gasteiger partial charge is 0.257 e. The molecule has 0 atom stereocenters. The highest BCUT2D eigenvalue weighted by atomic mass is 32.1. The van der Waals surface area contributed by atoms with Gasteiger partial charge in [0.2, 0.25) is 5.91 Å². The molecule has 0 saturated heterocycles. The van der Waals surface area contributed by atoms with Gasteiger partial charge in [-0.3, -0.25) is 14.9 Å². The van der Waals surface area contributed by atoms with Gasteiger partial charge in [0.05, 0.1) is 0 Å². The summed E-state index contributed by atoms with van der Waals surface area (Å²) in [5.74, 6) is -0.332. The Morgan fingerprint density at radius 2 is 1.56 bits per heavy atom. The Balaban J connectivity index is 2.05. The molecule has 3 N–H and O–H groups in total. The third-order valence-corrected chi connectivity index (χ3v) is 3.92. The largest absolute Gasteiger partial charge is 0.332 e. The standard InChI is InChI=1S/C19H21N3O2S/c1-4-17(23)20-15-6-5-7-16(13(15)3)21-19(25)22-18(24)14-10-8-12(2)9-11-14/h5-11H,4H2,1-3H3,(H,20,23)(H2,21,22,24,25). The summed E-state index contributed by atoms with van der Waals surface area (Å²) in [6, 6.07) is 12.7. The van der Waals surface area contributed by atoms with Crippen molar-refractivity contribution in [2.75, 3.05) is 10.6 Å². The number of anilines is 2. The van der Waals surface area contributed by atoms with Crippen LogP contribution in [0.5, 0.6) is 0 Å². The van der Waals surface area contributed by atoms with Gasteiger partial charge in [0, 0.05) is 23.4 Å². The molecule has 0 aliphatic carbocycles. The molecule has 2 aromatic carbocycles. The second kappa shape index (κ2) is 8.39. The topological polar surface area (TPSA) is 70.2 Å². The monoisotopic (exact) mass is 355 g/mol. The van der Waals surface area contributed by atoms with Crippen molar-refractivity contribution in [1.82, 2.24) is 5.32 Å². The van der Waals surface area contributed by atoms with Gasteiger partial charge in [0.25, 0.3) is 5.91 Å². The summed E-state index contributed by atoms with van der Waals surface area (Å²) in [5, 5.41) is 8.70. The maximum absolute atomic E-state index is 12.2. The summed E-state index contributed by atoms with van der Waals surface area (Å²) >= 11 is 5.22. The minimum absolute atomic E-state index is 0.0597. The lowest BCUT2D eigenvalue weighted by atomic mass is 10.1. The van der Waals surface area contributed by atoms with Crippen LogP contribution in [0.15, 0.2) is 42.5 Å². The van der Waals surface area contributed by atoms with Gasteiger partial charge >= 0.3 is 0 Å². The number of benzene rings is 2. The minimum atomic E-state index is -0.273. The highest BCUT2D eigenvalue weighted by molar-refractivity contribution is 7.80. The number of carbonyl (C=O) groups is 2. The fraction of sp³-hybridized carbons (Fsp3) is 0.211. The van der Waals surface area contributed by atoms with Crippen LogP contribution in [-0.4, -0.2) is 16.9 Å². The fourth-order valence-electron chi connectivity index (χ4n) is 2.18. The Labute approximate surface area is 152 Å². The van der Waals surface area contributed by atoms with Crippen LogP contribution >= 0.6 is 12.2 Å². The quantitative estimate of drug-likeness (QED) is 0.730. The van der Waals surface area contributed by atoms with Crippen LogP contribution in [0, 0.1) is 13.8 Å². The van der Waals surface area contributed by atoms with Crippen LogP contribution < -0.4 is 16.0 Å². The van der Waals surface area contributed by atoms with Crippen molar-refractivity contribution in [3.05, 3.63) is 59.2 Å². The Kier molecular flexibility index (Phi) is 6.25. The van der Waals surface area contributed by atoms with Gasteiger partial charge in [-0.2, -0.15) is 0 Å². The molecule has 0 heterocycles. The SMILES string of the molecule is CCC(=O)Nc1cccc(NC(=S)NC(=O)c2ccc(C)cc2)c1C. The number of hydrogen-bond donors (Lipinski definition) is 3. The van der Waals surface area contributed by atoms with Crippen LogP contribution in [0.4, 0.5) is 11.4 Å². The summed E-state index contributed by atoms with van der Waals surface area (Å²) < 4.78 is 0. The lowest BCUT2D eigenvalue weighted by Crippen LogP contribution is -2.34. The number of thiocarbonyl (C=S) groups is 1. The van der Waals surface area contributed by atoms with Crippen molar-refractivity contribution < 1.29 is 9.59 Å². The van der Waals surface area contributed by atoms with Crippen molar-refractivity contribution in [3.63, 3.8) is 0 Å². The first-order valence-electron chi connectivity index (χ1n) is 7.99. The third-order valence-electron chi connectivity index (χ3n) is 3.72. The summed E-state index contributed by atoms with van der Waals surface area (Å²) in [6.45, 7) is 5.63. The predicted octanol–water partition coefficient (Wildman–Crippen LogP) is 3.78. The van der Waals surface area contributed by atoms with E-state index in [0.29, 0.717) is 17.7 Å². The molecule has 0 radical (unpaired) electrons. The van der Waals surface area contributed by atoms with E-state index >= 15 is 0 Å². The molecular formula is C19H21N3O2S. The summed E-state index contributed by atoms with van der Waals surface area (Å²) in [5.41, 5.74) is 3.90. The molecule has 0 aromatic heterocycles. The Bertz CT molecular complexity index is 801. The highest BCUT2D eigenvalue weighted by Gasteiger charge is 2.10. The Hall–Kier alpha value is -2.73. The molecule has 0 spiro atoms. The van der Waals surface area contributed by atoms with Gasteiger partial charge in [-0.1, -0.05) is 30.7 Å². The predicted molar refractivity (Wildman–Crippen MR) is 105 cm³/mol. The van der Waals surface area contributed by atoms with Crippen molar-refractivity contribution in [2.24, 2.45) is 0 Å². The van der Waals surface area contributed by atoms with E-state index < -0.39 is 0 Å². The normalized spacial score (nSPS) is 10.0. The molecular weight excluding hydrogens is 334 g/mol. The van der Waals surface area contributed by atoms with Gasteiger partial charge < -0.3 is 10.6 Å². The molecule has 6 heteroatoms. The summed E-state index contributed by atoms with van der Waals surface area (Å²) in [7, 11) is 0. The molecule has 2 amide bonds. The van der Waals surface area contributed by atoms with Crippen molar-refractivity contribution >= 4 is 40.5 Å². The summed E-state index contributed by atoms with van der Waals surface area (Å²) in [6.07, 6.45) is 0.405. The van der Waals surface area contributed by atoms with E-state index in [1.54, 1.807) is 19.1 Å². The zero-order valence-electron chi connectivity index (χ0n) is 14.5. The average molecular weight is 355 g/mol. The molecule has 2 rings (SSSR count). The van der Waals surface area contributed by atoms with Crippen LogP contribution in [0.3, 0.4) is 0 Å². The van der Waals surface area contributed by atoms with E-state index in [9.17, 15) is 9.59 Å². The van der Waals surface area contributed by atoms with Crippen LogP contribution in [0.2, 0.25) is 0 Å². The lowest BCUT2D eigenvalue weighted by molar-refractivity contribution is -0.115. The number of rotatable bonds is 4. The van der Waals surface area contributed by atoms with E-state index in [1.807, 2.05) is 44.2 Å². The first-order valence-corrected chi connectivity index (χ1v) is 8.40. The second-order valence-corrected chi connectivity index (χ2v) is 6.06. The molecule has 25 heavy (non-hydrogen) atoms. The lowest BCUT2D eigenvalue weighted by Gasteiger charge is -2.15. The molecule has 130 valence electrons. The summed E-state index contributed by atoms with van der Waals surface area (Å²) in [4.78, 5) is 23.8. The van der Waals surface area contributed by atoms with Crippen LogP contribution in [0.25, 0.3) is 0 Å². The van der Waals surface area contributed by atoms with Crippen LogP contribution in [-0.2, 0) is 4.79 Å². The number of nitrogens with one attached hydrogen (secondary N) is 3. The number of hydrogen-bond acceptors (Lipinski definition) is 3. The molecule has 2 aromatic rings. The number of aryl methyl sites for hydroxylation is 1. The van der Waals surface area contributed by atoms with Crippen molar-refractivity contribution in [1.29, 1.82) is 0 Å². The number of amides is 2. The molecule has 0 saturated carbocycles. The zero-order chi connectivity index (χ0) is 18.4. The number of carbonyl (C=O) groups excluding carboxylic acids is 2. The molecule has 0 unspecified atom stereocenters. The van der Waals surface area contributed by atoms with Gasteiger partial charge in [0.15, 0.2) is 5.11 Å². The first-order chi connectivity index (χ1) is 11.9. The first kappa shape index (κ1) is 18.6. The van der Waals surface area contributed by atoms with E-state index in [4.69, 9.17) is 12.2 Å². The zero-order valence-corrected chi connectivity index (χ0v) is 15.3. The minimum Gasteiger partial charge on any atom is -0.332 e. The van der Waals surface area contributed by atoms with Gasteiger partial charge in [-0.15, -0.1) is 0 Å². The van der Waals surface area contributed by atoms with Gasteiger partial charge in [0.1, 0.15) is 0 Å². The maximum atomic E-state index is 12.2. The fourth-order valence-corrected chi connectivity index (χ4v) is 2.38. The molecule has 0 bridgehead atoms. The van der Waals surface area contributed by atoms with Crippen LogP contribution in [0.1, 0.15) is 34.8 Å². The third kappa shape index (κ3) is 5.12. The van der Waals surface area contributed by atoms with E-state index in [2.05, 4.69) is 16.0 Å². The Morgan fingerprint density at radius 1 is 0.960 bits per heavy atom. The molecule has 5 nitrogen and oxygen atoms in total. The maximum Gasteiger partial charge on any atom is 0.257 e. The Morgan fingerprint density at radius 3 is 2.16 bits per heavy atom. The average Bonchev–Trinajstić information content (AvgIpc) is 2.58. The molecule has 0 fully saturated rings. The highest BCUT2D eigenvalue weighted by Crippen LogP contribution is 2.23. The molecule has 0 aliphatic heterocycles. The van der Waals surface area contributed by atoms with Gasteiger partial charge in [-0.25, -0.2) is 0 Å². The van der Waals surface area contributed by atoms with E-state index in [-0.39, 0.29) is 16.9 Å². The van der Waals surface area contributed by atoms with E-state index in [1.165, 1.54) is 0 Å². The van der Waals surface area contributed by atoms with Crippen molar-refractivity contribution in [3.8, 4) is 0 Å². The van der Waals surface area contributed by atoms with E-state index in [0.717, 1.165) is 16.8 Å².